The first-order valence-corrected chi connectivity index (χ1v) is 13.4. The van der Waals surface area contributed by atoms with Crippen LogP contribution in [0.4, 0.5) is 10.7 Å². The van der Waals surface area contributed by atoms with Gasteiger partial charge in [-0.2, -0.15) is 10.2 Å². The zero-order chi connectivity index (χ0) is 29.9. The van der Waals surface area contributed by atoms with E-state index in [-0.39, 0.29) is 35.9 Å². The van der Waals surface area contributed by atoms with Crippen molar-refractivity contribution in [1.29, 1.82) is 5.26 Å². The quantitative estimate of drug-likeness (QED) is 0.453. The molecule has 1 atom stereocenters. The van der Waals surface area contributed by atoms with Gasteiger partial charge < -0.3 is 19.7 Å². The highest BCUT2D eigenvalue weighted by Gasteiger charge is 2.29. The standard InChI is InChI=1S/C29H35N7O5/c1-7-8-15-35-23-24(32-26(35)34-14-10-12-20(18-34)31-27(38)41-29(2,3)4)33(5)28(39)36(25(23)37)17-19-11-9-13-22(40-6)21(19)16-30/h9,11,13,20H,10,12,14-15,17-18H2,1-6H3,(H,31,38)/t20-/m1/s1. The van der Waals surface area contributed by atoms with Crippen molar-refractivity contribution in [2.45, 2.75) is 65.3 Å². The molecule has 2 aromatic heterocycles. The fourth-order valence-corrected chi connectivity index (χ4v) is 4.98. The molecule has 0 saturated carbocycles. The molecule has 12 heteroatoms. The molecule has 0 bridgehead atoms. The summed E-state index contributed by atoms with van der Waals surface area (Å²) in [7, 11) is 3.02. The Hall–Kier alpha value is -4.71. The lowest BCUT2D eigenvalue weighted by Crippen LogP contribution is -2.49. The van der Waals surface area contributed by atoms with Crippen LogP contribution in [0.2, 0.25) is 0 Å². The van der Waals surface area contributed by atoms with Crippen LogP contribution < -0.4 is 26.2 Å². The number of carbonyl (C=O) groups excluding carboxylic acids is 1. The summed E-state index contributed by atoms with van der Waals surface area (Å²) in [5.41, 5.74) is -0.508. The summed E-state index contributed by atoms with van der Waals surface area (Å²) in [5.74, 6) is 6.73. The van der Waals surface area contributed by atoms with Gasteiger partial charge in [0.1, 0.15) is 17.4 Å². The number of rotatable bonds is 6. The van der Waals surface area contributed by atoms with E-state index in [0.717, 1.165) is 17.4 Å². The number of carbonyl (C=O) groups is 1. The molecule has 1 amide bonds. The summed E-state index contributed by atoms with van der Waals surface area (Å²) >= 11 is 0. The van der Waals surface area contributed by atoms with E-state index in [1.165, 1.54) is 11.7 Å². The zero-order valence-electron chi connectivity index (χ0n) is 24.3. The fraction of sp³-hybridized carbons (Fsp3) is 0.483. The van der Waals surface area contributed by atoms with Crippen molar-refractivity contribution < 1.29 is 14.3 Å². The maximum Gasteiger partial charge on any atom is 0.407 e. The number of aryl methyl sites for hydroxylation is 1. The molecule has 0 radical (unpaired) electrons. The Morgan fingerprint density at radius 3 is 2.66 bits per heavy atom. The number of methoxy groups -OCH3 is 1. The van der Waals surface area contributed by atoms with Crippen LogP contribution in [0.15, 0.2) is 27.8 Å². The fourth-order valence-electron chi connectivity index (χ4n) is 4.98. The molecule has 12 nitrogen and oxygen atoms in total. The zero-order valence-corrected chi connectivity index (χ0v) is 24.3. The van der Waals surface area contributed by atoms with E-state index >= 15 is 0 Å². The predicted molar refractivity (Wildman–Crippen MR) is 154 cm³/mol. The molecule has 1 N–H and O–H groups in total. The van der Waals surface area contributed by atoms with E-state index in [1.54, 1.807) is 36.7 Å². The highest BCUT2D eigenvalue weighted by molar-refractivity contribution is 5.75. The summed E-state index contributed by atoms with van der Waals surface area (Å²) in [5, 5.41) is 12.7. The van der Waals surface area contributed by atoms with Crippen LogP contribution in [0.25, 0.3) is 11.2 Å². The van der Waals surface area contributed by atoms with Crippen molar-refractivity contribution in [3.8, 4) is 23.7 Å². The van der Waals surface area contributed by atoms with E-state index in [0.29, 0.717) is 30.4 Å². The van der Waals surface area contributed by atoms with E-state index in [1.807, 2.05) is 25.7 Å². The van der Waals surface area contributed by atoms with Gasteiger partial charge in [-0.3, -0.25) is 18.5 Å². The first kappa shape index (κ1) is 29.3. The second-order valence-electron chi connectivity index (χ2n) is 10.9. The number of hydrogen-bond donors (Lipinski definition) is 1. The van der Waals surface area contributed by atoms with Gasteiger partial charge in [-0.1, -0.05) is 18.1 Å². The second-order valence-corrected chi connectivity index (χ2v) is 10.9. The number of nitriles is 1. The molecule has 0 aliphatic carbocycles. The van der Waals surface area contributed by atoms with E-state index in [9.17, 15) is 19.6 Å². The molecule has 1 aliphatic rings. The number of anilines is 1. The largest absolute Gasteiger partial charge is 0.495 e. The number of ether oxygens (including phenoxy) is 2. The van der Waals surface area contributed by atoms with Crippen molar-refractivity contribution in [2.24, 2.45) is 7.05 Å². The molecular weight excluding hydrogens is 526 g/mol. The third-order valence-corrected chi connectivity index (χ3v) is 6.82. The molecule has 1 fully saturated rings. The van der Waals surface area contributed by atoms with Crippen molar-refractivity contribution >= 4 is 23.2 Å². The van der Waals surface area contributed by atoms with Crippen molar-refractivity contribution in [3.63, 3.8) is 0 Å². The Labute approximate surface area is 238 Å². The first-order valence-electron chi connectivity index (χ1n) is 13.4. The second kappa shape index (κ2) is 11.8. The normalized spacial score (nSPS) is 15.1. The SMILES string of the molecule is CC#CCn1c(N2CCC[C@@H](NC(=O)OC(C)(C)C)C2)nc2c1c(=O)n(Cc1cccc(OC)c1C#N)c(=O)n2C. The van der Waals surface area contributed by atoms with Crippen LogP contribution in [0.5, 0.6) is 5.75 Å². The lowest BCUT2D eigenvalue weighted by molar-refractivity contribution is 0.0499. The number of nitrogens with zero attached hydrogens (tertiary/aromatic N) is 6. The number of alkyl carbamates (subject to hydrolysis) is 1. The van der Waals surface area contributed by atoms with Crippen LogP contribution in [-0.2, 0) is 24.9 Å². The average Bonchev–Trinajstić information content (AvgIpc) is 3.31. The topological polar surface area (TPSA) is 136 Å². The molecular formula is C29H35N7O5. The van der Waals surface area contributed by atoms with Gasteiger partial charge in [-0.15, -0.1) is 5.92 Å². The van der Waals surface area contributed by atoms with Gasteiger partial charge in [-0.25, -0.2) is 9.59 Å². The minimum Gasteiger partial charge on any atom is -0.495 e. The first-order chi connectivity index (χ1) is 19.5. The Bertz CT molecular complexity index is 1690. The van der Waals surface area contributed by atoms with Crippen molar-refractivity contribution in [2.75, 3.05) is 25.1 Å². The van der Waals surface area contributed by atoms with Crippen molar-refractivity contribution in [3.05, 3.63) is 50.2 Å². The average molecular weight is 562 g/mol. The molecule has 1 aromatic carbocycles. The summed E-state index contributed by atoms with van der Waals surface area (Å²) < 4.78 is 14.9. The highest BCUT2D eigenvalue weighted by Crippen LogP contribution is 2.25. The molecule has 1 saturated heterocycles. The number of benzene rings is 1. The Kier molecular flexibility index (Phi) is 8.43. The number of amides is 1. The number of imidazole rings is 1. The molecule has 3 aromatic rings. The van der Waals surface area contributed by atoms with Crippen LogP contribution in [0.1, 0.15) is 51.7 Å². The minimum absolute atomic E-state index is 0.118. The van der Waals surface area contributed by atoms with Crippen molar-refractivity contribution in [1.82, 2.24) is 24.0 Å². The third kappa shape index (κ3) is 6.07. The smallest absolute Gasteiger partial charge is 0.407 e. The van der Waals surface area contributed by atoms with Crippen LogP contribution in [-0.4, -0.2) is 56.6 Å². The monoisotopic (exact) mass is 561 g/mol. The van der Waals surface area contributed by atoms with E-state index in [2.05, 4.69) is 23.2 Å². The third-order valence-electron chi connectivity index (χ3n) is 6.82. The van der Waals surface area contributed by atoms with Gasteiger partial charge in [0.25, 0.3) is 5.56 Å². The Morgan fingerprint density at radius 1 is 1.24 bits per heavy atom. The number of aromatic nitrogens is 4. The van der Waals surface area contributed by atoms with E-state index < -0.39 is 22.9 Å². The van der Waals surface area contributed by atoms with Gasteiger partial charge in [0.2, 0.25) is 5.95 Å². The summed E-state index contributed by atoms with van der Waals surface area (Å²) in [6.45, 7) is 8.29. The molecule has 4 rings (SSSR count). The van der Waals surface area contributed by atoms with Gasteiger partial charge in [0.05, 0.1) is 25.8 Å². The number of fused-ring (bicyclic) bond motifs is 1. The van der Waals surface area contributed by atoms with Gasteiger partial charge in [0.15, 0.2) is 11.2 Å². The van der Waals surface area contributed by atoms with Gasteiger partial charge in [-0.05, 0) is 52.2 Å². The maximum absolute atomic E-state index is 13.9. The Balaban J connectivity index is 1.79. The number of piperidine rings is 1. The van der Waals surface area contributed by atoms with E-state index in [4.69, 9.17) is 14.5 Å². The van der Waals surface area contributed by atoms with Gasteiger partial charge in [0, 0.05) is 26.2 Å². The van der Waals surface area contributed by atoms with Gasteiger partial charge >= 0.3 is 11.8 Å². The predicted octanol–water partition coefficient (Wildman–Crippen LogP) is 2.34. The highest BCUT2D eigenvalue weighted by atomic mass is 16.6. The Morgan fingerprint density at radius 2 is 2.00 bits per heavy atom. The van der Waals surface area contributed by atoms with Crippen LogP contribution in [0, 0.1) is 23.2 Å². The molecule has 1 aliphatic heterocycles. The number of hydrogen-bond acceptors (Lipinski definition) is 8. The maximum atomic E-state index is 13.9. The number of nitrogens with one attached hydrogen (secondary N) is 1. The molecule has 216 valence electrons. The summed E-state index contributed by atoms with van der Waals surface area (Å²) in [4.78, 5) is 46.5. The minimum atomic E-state index is -0.616. The summed E-state index contributed by atoms with van der Waals surface area (Å²) in [6.07, 6.45) is 1.05. The molecule has 0 spiro atoms. The summed E-state index contributed by atoms with van der Waals surface area (Å²) in [6, 6.07) is 6.97. The van der Waals surface area contributed by atoms with Crippen LogP contribution >= 0.6 is 0 Å². The lowest BCUT2D eigenvalue weighted by Gasteiger charge is -2.34. The van der Waals surface area contributed by atoms with Crippen LogP contribution in [0.3, 0.4) is 0 Å². The molecule has 0 unspecified atom stereocenters. The molecule has 41 heavy (non-hydrogen) atoms. The lowest BCUT2D eigenvalue weighted by atomic mass is 10.1. The molecule has 3 heterocycles.